The highest BCUT2D eigenvalue weighted by Gasteiger charge is 2.41. The zero-order valence-corrected chi connectivity index (χ0v) is 9.86. The number of rotatable bonds is 4. The van der Waals surface area contributed by atoms with Crippen LogP contribution in [0.15, 0.2) is 0 Å². The molecule has 2 heteroatoms. The van der Waals surface area contributed by atoms with Gasteiger partial charge in [0, 0.05) is 10.7 Å². The van der Waals surface area contributed by atoms with Gasteiger partial charge >= 0.3 is 0 Å². The minimum Gasteiger partial charge on any atom is -0.378 e. The van der Waals surface area contributed by atoms with Gasteiger partial charge in [0.2, 0.25) is 0 Å². The zero-order valence-electron chi connectivity index (χ0n) is 8.27. The van der Waals surface area contributed by atoms with Gasteiger partial charge in [0.15, 0.2) is 0 Å². The van der Waals surface area contributed by atoms with E-state index in [0.29, 0.717) is 11.5 Å². The van der Waals surface area contributed by atoms with Gasteiger partial charge in [0.05, 0.1) is 12.7 Å². The lowest BCUT2D eigenvalue weighted by atomic mass is 9.64. The number of halogens is 1. The maximum atomic E-state index is 5.66. The Labute approximate surface area is 84.0 Å². The van der Waals surface area contributed by atoms with Crippen LogP contribution in [0.25, 0.3) is 0 Å². The topological polar surface area (TPSA) is 9.23 Å². The first-order chi connectivity index (χ1) is 5.58. The first kappa shape index (κ1) is 10.5. The quantitative estimate of drug-likeness (QED) is 0.680. The fourth-order valence-corrected chi connectivity index (χ4v) is 2.65. The predicted octanol–water partition coefficient (Wildman–Crippen LogP) is 3.22. The molecule has 1 aliphatic carbocycles. The molecule has 1 nitrogen and oxygen atoms in total. The maximum Gasteiger partial charge on any atom is 0.0534 e. The maximum absolute atomic E-state index is 5.66. The van der Waals surface area contributed by atoms with E-state index in [0.717, 1.165) is 17.9 Å². The van der Waals surface area contributed by atoms with Crippen LogP contribution >= 0.6 is 15.9 Å². The van der Waals surface area contributed by atoms with Crippen LogP contribution in [0.2, 0.25) is 0 Å². The summed E-state index contributed by atoms with van der Waals surface area (Å²) in [6, 6.07) is 0. The normalized spacial score (nSPS) is 35.2. The van der Waals surface area contributed by atoms with E-state index in [1.54, 1.807) is 0 Å². The fraction of sp³-hybridized carbons (Fsp3) is 1.00. The Kier molecular flexibility index (Phi) is 3.59. The van der Waals surface area contributed by atoms with Gasteiger partial charge in [-0.1, -0.05) is 22.9 Å². The molecule has 12 heavy (non-hydrogen) atoms. The van der Waals surface area contributed by atoms with E-state index >= 15 is 0 Å². The van der Waals surface area contributed by atoms with E-state index in [1.807, 2.05) is 0 Å². The van der Waals surface area contributed by atoms with Crippen molar-refractivity contribution in [2.45, 2.75) is 39.7 Å². The molecule has 0 spiro atoms. The van der Waals surface area contributed by atoms with Gasteiger partial charge in [-0.3, -0.25) is 0 Å². The zero-order chi connectivity index (χ0) is 9.19. The Bertz CT molecular complexity index is 139. The van der Waals surface area contributed by atoms with Crippen molar-refractivity contribution < 1.29 is 4.74 Å². The Morgan fingerprint density at radius 1 is 1.50 bits per heavy atom. The Hall–Kier alpha value is 0.440. The van der Waals surface area contributed by atoms with E-state index < -0.39 is 0 Å². The SMILES string of the molecule is CC1CC(CBr)(COC(C)C)C1. The molecule has 0 aromatic rings. The first-order valence-electron chi connectivity index (χ1n) is 4.75. The minimum atomic E-state index is 0.372. The average molecular weight is 235 g/mol. The van der Waals surface area contributed by atoms with Gasteiger partial charge in [0.1, 0.15) is 0 Å². The predicted molar refractivity (Wildman–Crippen MR) is 55.7 cm³/mol. The van der Waals surface area contributed by atoms with Crippen LogP contribution in [-0.2, 0) is 4.74 Å². The molecule has 0 atom stereocenters. The van der Waals surface area contributed by atoms with Crippen molar-refractivity contribution in [3.8, 4) is 0 Å². The fourth-order valence-electron chi connectivity index (χ4n) is 2.03. The summed E-state index contributed by atoms with van der Waals surface area (Å²) in [4.78, 5) is 0. The smallest absolute Gasteiger partial charge is 0.0534 e. The van der Waals surface area contributed by atoms with Crippen molar-refractivity contribution in [3.05, 3.63) is 0 Å². The summed E-state index contributed by atoms with van der Waals surface area (Å²) >= 11 is 3.58. The lowest BCUT2D eigenvalue weighted by Crippen LogP contribution is -2.42. The molecule has 72 valence electrons. The summed E-state index contributed by atoms with van der Waals surface area (Å²) in [5, 5.41) is 1.09. The molecule has 1 rings (SSSR count). The molecule has 0 aromatic carbocycles. The van der Waals surface area contributed by atoms with Gasteiger partial charge in [-0.2, -0.15) is 0 Å². The highest BCUT2D eigenvalue weighted by atomic mass is 79.9. The van der Waals surface area contributed by atoms with Crippen LogP contribution in [0.5, 0.6) is 0 Å². The molecular formula is C10H19BrO. The van der Waals surface area contributed by atoms with Gasteiger partial charge in [-0.25, -0.2) is 0 Å². The molecule has 1 saturated carbocycles. The molecule has 0 bridgehead atoms. The summed E-state index contributed by atoms with van der Waals surface area (Å²) in [7, 11) is 0. The third-order valence-electron chi connectivity index (χ3n) is 2.57. The van der Waals surface area contributed by atoms with Crippen LogP contribution in [0.3, 0.4) is 0 Å². The van der Waals surface area contributed by atoms with E-state index in [-0.39, 0.29) is 0 Å². The Balaban J connectivity index is 2.27. The third-order valence-corrected chi connectivity index (χ3v) is 3.76. The molecule has 0 unspecified atom stereocenters. The molecule has 0 aromatic heterocycles. The summed E-state index contributed by atoms with van der Waals surface area (Å²) in [6.45, 7) is 7.45. The van der Waals surface area contributed by atoms with E-state index in [2.05, 4.69) is 36.7 Å². The summed E-state index contributed by atoms with van der Waals surface area (Å²) in [6.07, 6.45) is 3.02. The number of alkyl halides is 1. The minimum absolute atomic E-state index is 0.372. The molecule has 0 N–H and O–H groups in total. The monoisotopic (exact) mass is 234 g/mol. The van der Waals surface area contributed by atoms with Crippen molar-refractivity contribution in [3.63, 3.8) is 0 Å². The molecule has 0 heterocycles. The molecule has 0 aliphatic heterocycles. The van der Waals surface area contributed by atoms with Crippen molar-refractivity contribution >= 4 is 15.9 Å². The largest absolute Gasteiger partial charge is 0.378 e. The second kappa shape index (κ2) is 4.10. The van der Waals surface area contributed by atoms with E-state index in [9.17, 15) is 0 Å². The van der Waals surface area contributed by atoms with Gasteiger partial charge in [-0.15, -0.1) is 0 Å². The molecule has 0 amide bonds. The molecule has 1 fully saturated rings. The van der Waals surface area contributed by atoms with E-state index in [4.69, 9.17) is 4.74 Å². The van der Waals surface area contributed by atoms with Crippen molar-refractivity contribution in [1.29, 1.82) is 0 Å². The summed E-state index contributed by atoms with van der Waals surface area (Å²) in [5.41, 5.74) is 0.462. The lowest BCUT2D eigenvalue weighted by molar-refractivity contribution is -0.0407. The number of ether oxygens (including phenoxy) is 1. The highest BCUT2D eigenvalue weighted by Crippen LogP contribution is 2.46. The van der Waals surface area contributed by atoms with Crippen LogP contribution in [0.4, 0.5) is 0 Å². The standard InChI is InChI=1S/C10H19BrO/c1-8(2)12-7-10(6-11)4-9(3)5-10/h8-9H,4-7H2,1-3H3. The Morgan fingerprint density at radius 3 is 2.42 bits per heavy atom. The molecule has 0 saturated heterocycles. The first-order valence-corrected chi connectivity index (χ1v) is 5.88. The number of hydrogen-bond donors (Lipinski definition) is 0. The Morgan fingerprint density at radius 2 is 2.08 bits per heavy atom. The third kappa shape index (κ3) is 2.46. The van der Waals surface area contributed by atoms with Gasteiger partial charge < -0.3 is 4.74 Å². The van der Waals surface area contributed by atoms with Crippen LogP contribution < -0.4 is 0 Å². The summed E-state index contributed by atoms with van der Waals surface area (Å²) in [5.74, 6) is 0.901. The van der Waals surface area contributed by atoms with Gasteiger partial charge in [-0.05, 0) is 32.6 Å². The van der Waals surface area contributed by atoms with E-state index in [1.165, 1.54) is 12.8 Å². The average Bonchev–Trinajstić information content (AvgIpc) is 1.95. The molecule has 1 aliphatic rings. The highest BCUT2D eigenvalue weighted by molar-refractivity contribution is 9.09. The molecule has 0 radical (unpaired) electrons. The van der Waals surface area contributed by atoms with Gasteiger partial charge in [0.25, 0.3) is 0 Å². The number of hydrogen-bond acceptors (Lipinski definition) is 1. The second-order valence-electron chi connectivity index (χ2n) is 4.51. The van der Waals surface area contributed by atoms with Crippen LogP contribution in [-0.4, -0.2) is 18.0 Å². The van der Waals surface area contributed by atoms with Crippen molar-refractivity contribution in [2.75, 3.05) is 11.9 Å². The second-order valence-corrected chi connectivity index (χ2v) is 5.07. The van der Waals surface area contributed by atoms with Crippen LogP contribution in [0, 0.1) is 11.3 Å². The lowest BCUT2D eigenvalue weighted by Gasteiger charge is -2.45. The van der Waals surface area contributed by atoms with Crippen LogP contribution in [0.1, 0.15) is 33.6 Å². The molecular weight excluding hydrogens is 216 g/mol. The van der Waals surface area contributed by atoms with Crippen molar-refractivity contribution in [2.24, 2.45) is 11.3 Å². The summed E-state index contributed by atoms with van der Waals surface area (Å²) < 4.78 is 5.66. The van der Waals surface area contributed by atoms with Crippen molar-refractivity contribution in [1.82, 2.24) is 0 Å².